The van der Waals surface area contributed by atoms with Crippen molar-refractivity contribution in [3.63, 3.8) is 0 Å². The molecule has 1 fully saturated rings. The van der Waals surface area contributed by atoms with Gasteiger partial charge in [0, 0.05) is 18.0 Å². The molecule has 0 spiro atoms. The van der Waals surface area contributed by atoms with E-state index in [1.807, 2.05) is 6.08 Å². The first-order valence-electron chi connectivity index (χ1n) is 8.96. The van der Waals surface area contributed by atoms with Gasteiger partial charge in [0.25, 0.3) is 0 Å². The third-order valence-corrected chi connectivity index (χ3v) is 4.10. The van der Waals surface area contributed by atoms with Crippen LogP contribution in [0.4, 0.5) is 4.79 Å². The summed E-state index contributed by atoms with van der Waals surface area (Å²) < 4.78 is 10.1. The van der Waals surface area contributed by atoms with Gasteiger partial charge in [-0.2, -0.15) is 0 Å². The summed E-state index contributed by atoms with van der Waals surface area (Å²) in [4.78, 5) is 37.5. The first-order chi connectivity index (χ1) is 11.7. The predicted molar refractivity (Wildman–Crippen MR) is 95.0 cm³/mol. The number of ether oxygens (including phenoxy) is 2. The molecule has 0 saturated carbocycles. The zero-order valence-electron chi connectivity index (χ0n) is 16.1. The van der Waals surface area contributed by atoms with Crippen molar-refractivity contribution in [3.05, 3.63) is 11.6 Å². The minimum Gasteiger partial charge on any atom is -0.466 e. The highest BCUT2D eigenvalue weighted by Crippen LogP contribution is 2.24. The van der Waals surface area contributed by atoms with Gasteiger partial charge in [-0.25, -0.2) is 14.5 Å². The number of hydrogen-bond acceptors (Lipinski definition) is 5. The molecule has 6 heteroatoms. The average molecular weight is 353 g/mol. The monoisotopic (exact) mass is 353 g/mol. The Morgan fingerprint density at radius 1 is 1.28 bits per heavy atom. The van der Waals surface area contributed by atoms with Crippen molar-refractivity contribution in [2.24, 2.45) is 0 Å². The first-order valence-corrected chi connectivity index (χ1v) is 8.96. The van der Waals surface area contributed by atoms with Crippen LogP contribution >= 0.6 is 0 Å². The van der Waals surface area contributed by atoms with Crippen molar-refractivity contribution in [1.82, 2.24) is 4.90 Å². The van der Waals surface area contributed by atoms with E-state index in [0.717, 1.165) is 25.7 Å². The third-order valence-electron chi connectivity index (χ3n) is 4.10. The fraction of sp³-hybridized carbons (Fsp3) is 0.737. The molecule has 0 aromatic heterocycles. The molecule has 1 heterocycles. The van der Waals surface area contributed by atoms with Gasteiger partial charge in [0.05, 0.1) is 7.11 Å². The van der Waals surface area contributed by atoms with Gasteiger partial charge in [-0.05, 0) is 59.8 Å². The van der Waals surface area contributed by atoms with Gasteiger partial charge in [-0.15, -0.1) is 0 Å². The summed E-state index contributed by atoms with van der Waals surface area (Å²) >= 11 is 0. The van der Waals surface area contributed by atoms with Crippen LogP contribution in [0.3, 0.4) is 0 Å². The average Bonchev–Trinajstić information content (AvgIpc) is 2.70. The summed E-state index contributed by atoms with van der Waals surface area (Å²) in [5.41, 5.74) is -0.0577. The lowest BCUT2D eigenvalue weighted by Gasteiger charge is -2.31. The summed E-state index contributed by atoms with van der Waals surface area (Å²) in [6.45, 7) is 7.10. The number of hydrogen-bond donors (Lipinski definition) is 0. The maximum Gasteiger partial charge on any atom is 0.417 e. The number of nitrogens with zero attached hydrogens (tertiary/aromatic N) is 1. The Morgan fingerprint density at radius 2 is 1.96 bits per heavy atom. The van der Waals surface area contributed by atoms with E-state index in [-0.39, 0.29) is 17.9 Å². The lowest BCUT2D eigenvalue weighted by Crippen LogP contribution is -2.46. The molecule has 0 aliphatic carbocycles. The smallest absolute Gasteiger partial charge is 0.417 e. The second-order valence-electron chi connectivity index (χ2n) is 7.45. The van der Waals surface area contributed by atoms with Gasteiger partial charge >= 0.3 is 12.1 Å². The SMILES string of the molecule is COC(=O)/C(C)=C\CCCC1CCCCC(=O)N1C(=O)OC(C)(C)C. The number of likely N-dealkylation sites (tertiary alicyclic amines) is 1. The molecule has 2 amide bonds. The molecular formula is C19H31NO5. The van der Waals surface area contributed by atoms with Crippen molar-refractivity contribution >= 4 is 18.0 Å². The van der Waals surface area contributed by atoms with Crippen LogP contribution in [0.25, 0.3) is 0 Å². The topological polar surface area (TPSA) is 72.9 Å². The van der Waals surface area contributed by atoms with Gasteiger partial charge in [0.15, 0.2) is 0 Å². The quantitative estimate of drug-likeness (QED) is 0.424. The molecule has 0 N–H and O–H groups in total. The van der Waals surface area contributed by atoms with Crippen LogP contribution in [0.2, 0.25) is 0 Å². The van der Waals surface area contributed by atoms with Gasteiger partial charge in [-0.3, -0.25) is 4.79 Å². The van der Waals surface area contributed by atoms with E-state index in [1.165, 1.54) is 12.0 Å². The molecule has 0 radical (unpaired) electrons. The fourth-order valence-electron chi connectivity index (χ4n) is 2.86. The Morgan fingerprint density at radius 3 is 2.56 bits per heavy atom. The highest BCUT2D eigenvalue weighted by molar-refractivity contribution is 5.92. The van der Waals surface area contributed by atoms with Gasteiger partial charge in [0.1, 0.15) is 5.60 Å². The predicted octanol–water partition coefficient (Wildman–Crippen LogP) is 3.98. The second kappa shape index (κ2) is 9.59. The van der Waals surface area contributed by atoms with Gasteiger partial charge < -0.3 is 9.47 Å². The number of unbranched alkanes of at least 4 members (excludes halogenated alkanes) is 1. The number of amides is 2. The fourth-order valence-corrected chi connectivity index (χ4v) is 2.86. The molecule has 1 saturated heterocycles. The Hall–Kier alpha value is -1.85. The van der Waals surface area contributed by atoms with Crippen LogP contribution in [0, 0.1) is 0 Å². The molecule has 1 rings (SSSR count). The molecule has 1 unspecified atom stereocenters. The Labute approximate surface area is 150 Å². The van der Waals surface area contributed by atoms with Crippen LogP contribution < -0.4 is 0 Å². The van der Waals surface area contributed by atoms with Crippen molar-refractivity contribution in [1.29, 1.82) is 0 Å². The molecule has 0 aromatic carbocycles. The van der Waals surface area contributed by atoms with E-state index in [2.05, 4.69) is 4.74 Å². The lowest BCUT2D eigenvalue weighted by atomic mass is 10.0. The van der Waals surface area contributed by atoms with E-state index in [1.54, 1.807) is 27.7 Å². The number of carbonyl (C=O) groups excluding carboxylic acids is 3. The highest BCUT2D eigenvalue weighted by atomic mass is 16.6. The van der Waals surface area contributed by atoms with Crippen LogP contribution in [0.5, 0.6) is 0 Å². The van der Waals surface area contributed by atoms with Gasteiger partial charge in [0.2, 0.25) is 5.91 Å². The summed E-state index contributed by atoms with van der Waals surface area (Å²) in [5, 5.41) is 0. The normalized spacial score (nSPS) is 19.4. The molecule has 1 atom stereocenters. The summed E-state index contributed by atoms with van der Waals surface area (Å²) in [5.74, 6) is -0.488. The lowest BCUT2D eigenvalue weighted by molar-refractivity contribution is -0.136. The molecule has 6 nitrogen and oxygen atoms in total. The van der Waals surface area contributed by atoms with Crippen LogP contribution in [-0.2, 0) is 19.1 Å². The number of rotatable bonds is 5. The number of methoxy groups -OCH3 is 1. The zero-order valence-corrected chi connectivity index (χ0v) is 16.1. The molecule has 1 aliphatic rings. The maximum absolute atomic E-state index is 12.5. The van der Waals surface area contributed by atoms with Crippen LogP contribution in [-0.4, -0.2) is 41.6 Å². The highest BCUT2D eigenvalue weighted by Gasteiger charge is 2.34. The molecule has 0 aromatic rings. The largest absolute Gasteiger partial charge is 0.466 e. The Kier molecular flexibility index (Phi) is 8.13. The third kappa shape index (κ3) is 7.28. The van der Waals surface area contributed by atoms with E-state index in [9.17, 15) is 14.4 Å². The number of allylic oxidation sites excluding steroid dienone is 1. The minimum absolute atomic E-state index is 0.142. The minimum atomic E-state index is -0.630. The molecule has 142 valence electrons. The summed E-state index contributed by atoms with van der Waals surface area (Å²) in [6, 6.07) is -0.142. The number of esters is 1. The number of carbonyl (C=O) groups is 3. The summed E-state index contributed by atoms with van der Waals surface area (Å²) in [6.07, 6.45) is 6.38. The van der Waals surface area contributed by atoms with Crippen LogP contribution in [0.15, 0.2) is 11.6 Å². The first kappa shape index (κ1) is 21.2. The maximum atomic E-state index is 12.5. The second-order valence-corrected chi connectivity index (χ2v) is 7.45. The zero-order chi connectivity index (χ0) is 19.0. The van der Waals surface area contributed by atoms with Crippen molar-refractivity contribution < 1.29 is 23.9 Å². The Balaban J connectivity index is 2.70. The van der Waals surface area contributed by atoms with E-state index < -0.39 is 11.7 Å². The molecule has 1 aliphatic heterocycles. The van der Waals surface area contributed by atoms with E-state index in [0.29, 0.717) is 24.8 Å². The van der Waals surface area contributed by atoms with E-state index >= 15 is 0 Å². The number of imide groups is 1. The van der Waals surface area contributed by atoms with Crippen molar-refractivity contribution in [2.45, 2.75) is 84.3 Å². The standard InChI is InChI=1S/C19H31NO5/c1-14(17(22)24-5)10-6-7-11-15-12-8-9-13-16(21)20(15)18(23)25-19(2,3)4/h10,15H,6-9,11-13H2,1-5H3/b14-10-. The van der Waals surface area contributed by atoms with Crippen LogP contribution in [0.1, 0.15) is 72.6 Å². The van der Waals surface area contributed by atoms with E-state index in [4.69, 9.17) is 4.74 Å². The van der Waals surface area contributed by atoms with Crippen molar-refractivity contribution in [2.75, 3.05) is 7.11 Å². The molecule has 0 bridgehead atoms. The molecule has 25 heavy (non-hydrogen) atoms. The molecular weight excluding hydrogens is 322 g/mol. The van der Waals surface area contributed by atoms with Gasteiger partial charge in [-0.1, -0.05) is 12.5 Å². The van der Waals surface area contributed by atoms with Crippen molar-refractivity contribution in [3.8, 4) is 0 Å². The Bertz CT molecular complexity index is 518. The summed E-state index contributed by atoms with van der Waals surface area (Å²) in [7, 11) is 1.36.